The van der Waals surface area contributed by atoms with Crippen LogP contribution in [-0.4, -0.2) is 27.6 Å². The normalized spacial score (nSPS) is 9.47. The van der Waals surface area contributed by atoms with Crippen molar-refractivity contribution in [1.82, 2.24) is 9.97 Å². The fourth-order valence-corrected chi connectivity index (χ4v) is 1.93. The van der Waals surface area contributed by atoms with Gasteiger partial charge in [-0.1, -0.05) is 11.8 Å². The number of carbonyl (C=O) groups is 1. The van der Waals surface area contributed by atoms with Crippen LogP contribution < -0.4 is 5.32 Å². The van der Waals surface area contributed by atoms with Gasteiger partial charge in [-0.25, -0.2) is 4.98 Å². The van der Waals surface area contributed by atoms with Crippen molar-refractivity contribution in [2.75, 3.05) is 11.9 Å². The van der Waals surface area contributed by atoms with Gasteiger partial charge in [0, 0.05) is 12.4 Å². The van der Waals surface area contributed by atoms with E-state index in [-0.39, 0.29) is 12.5 Å². The fourth-order valence-electron chi connectivity index (χ4n) is 1.16. The zero-order valence-corrected chi connectivity index (χ0v) is 9.54. The summed E-state index contributed by atoms with van der Waals surface area (Å²) in [6.07, 6.45) is 3.18. The molecule has 0 saturated heterocycles. The highest BCUT2D eigenvalue weighted by Gasteiger charge is 2.09. The number of H-pyrrole nitrogens is 1. The minimum absolute atomic E-state index is 0.189. The number of hydrogen-bond acceptors (Lipinski definition) is 4. The summed E-state index contributed by atoms with van der Waals surface area (Å²) < 4.78 is 0. The van der Waals surface area contributed by atoms with Gasteiger partial charge < -0.3 is 10.1 Å². The third-order valence-corrected chi connectivity index (χ3v) is 2.85. The first-order chi connectivity index (χ1) is 8.29. The van der Waals surface area contributed by atoms with Gasteiger partial charge in [0.2, 0.25) is 5.95 Å². The fraction of sp³-hybridized carbons (Fsp3) is 0.0909. The van der Waals surface area contributed by atoms with Gasteiger partial charge in [-0.3, -0.25) is 10.1 Å². The number of aliphatic hydroxyl groups excluding tert-OH is 1. The second-order valence-corrected chi connectivity index (χ2v) is 4.10. The number of hydrogen-bond donors (Lipinski definition) is 3. The Hall–Kier alpha value is -2.10. The number of aromatic amines is 1. The minimum Gasteiger partial charge on any atom is -0.384 e. The van der Waals surface area contributed by atoms with E-state index in [0.29, 0.717) is 10.8 Å². The van der Waals surface area contributed by atoms with Crippen molar-refractivity contribution >= 4 is 23.2 Å². The molecule has 0 radical (unpaired) electrons. The Kier molecular flexibility index (Phi) is 3.55. The standard InChI is InChI=1S/C11H9N3O2S/c15-7-1-2-8-3-4-9(17-8)10(16)14-11-12-5-6-13-11/h3-6,15H,7H2,(H2,12,13,14,16). The zero-order valence-electron chi connectivity index (χ0n) is 8.73. The van der Waals surface area contributed by atoms with Crippen LogP contribution in [0.25, 0.3) is 0 Å². The molecule has 0 aliphatic rings. The highest BCUT2D eigenvalue weighted by Crippen LogP contribution is 2.16. The van der Waals surface area contributed by atoms with Crippen molar-refractivity contribution in [3.63, 3.8) is 0 Å². The number of rotatable bonds is 2. The minimum atomic E-state index is -0.234. The third kappa shape index (κ3) is 2.93. The van der Waals surface area contributed by atoms with E-state index in [1.54, 1.807) is 24.5 Å². The van der Waals surface area contributed by atoms with Gasteiger partial charge in [-0.15, -0.1) is 11.3 Å². The Morgan fingerprint density at radius 3 is 3.18 bits per heavy atom. The third-order valence-electron chi connectivity index (χ3n) is 1.85. The van der Waals surface area contributed by atoms with E-state index in [1.807, 2.05) is 0 Å². The lowest BCUT2D eigenvalue weighted by atomic mass is 10.4. The van der Waals surface area contributed by atoms with E-state index in [1.165, 1.54) is 11.3 Å². The molecule has 3 N–H and O–H groups in total. The van der Waals surface area contributed by atoms with E-state index < -0.39 is 0 Å². The molecule has 0 saturated carbocycles. The lowest BCUT2D eigenvalue weighted by Gasteiger charge is -1.97. The first-order valence-corrected chi connectivity index (χ1v) is 5.61. The van der Waals surface area contributed by atoms with Crippen molar-refractivity contribution in [3.8, 4) is 11.8 Å². The van der Waals surface area contributed by atoms with Gasteiger partial charge in [0.1, 0.15) is 6.61 Å². The van der Waals surface area contributed by atoms with Gasteiger partial charge in [-0.2, -0.15) is 0 Å². The van der Waals surface area contributed by atoms with Crippen LogP contribution in [0.5, 0.6) is 0 Å². The molecule has 0 spiro atoms. The van der Waals surface area contributed by atoms with E-state index in [0.717, 1.165) is 4.88 Å². The maximum atomic E-state index is 11.7. The Bertz CT molecular complexity index is 563. The van der Waals surface area contributed by atoms with Crippen molar-refractivity contribution in [1.29, 1.82) is 0 Å². The topological polar surface area (TPSA) is 78.0 Å². The molecule has 86 valence electrons. The van der Waals surface area contributed by atoms with E-state index in [2.05, 4.69) is 27.1 Å². The molecule has 2 heterocycles. The summed E-state index contributed by atoms with van der Waals surface area (Å²) in [7, 11) is 0. The van der Waals surface area contributed by atoms with E-state index in [9.17, 15) is 4.79 Å². The second-order valence-electron chi connectivity index (χ2n) is 3.02. The summed E-state index contributed by atoms with van der Waals surface area (Å²) in [5.41, 5.74) is 0. The molecule has 0 bridgehead atoms. The molecule has 5 nitrogen and oxygen atoms in total. The highest BCUT2D eigenvalue weighted by molar-refractivity contribution is 7.14. The first-order valence-electron chi connectivity index (χ1n) is 4.80. The smallest absolute Gasteiger partial charge is 0.268 e. The molecule has 2 aromatic rings. The largest absolute Gasteiger partial charge is 0.384 e. The van der Waals surface area contributed by atoms with Crippen LogP contribution in [-0.2, 0) is 0 Å². The van der Waals surface area contributed by atoms with Crippen LogP contribution in [0.1, 0.15) is 14.5 Å². The number of carbonyl (C=O) groups excluding carboxylic acids is 1. The molecule has 0 atom stereocenters. The van der Waals surface area contributed by atoms with Crippen LogP contribution in [0.2, 0.25) is 0 Å². The van der Waals surface area contributed by atoms with Gasteiger partial charge in [0.15, 0.2) is 0 Å². The predicted molar refractivity (Wildman–Crippen MR) is 64.8 cm³/mol. The number of nitrogens with zero attached hydrogens (tertiary/aromatic N) is 1. The van der Waals surface area contributed by atoms with Crippen LogP contribution in [0, 0.1) is 11.8 Å². The second kappa shape index (κ2) is 5.30. The molecular weight excluding hydrogens is 238 g/mol. The summed E-state index contributed by atoms with van der Waals surface area (Å²) >= 11 is 1.26. The molecule has 6 heteroatoms. The van der Waals surface area contributed by atoms with Crippen molar-refractivity contribution in [2.45, 2.75) is 0 Å². The summed E-state index contributed by atoms with van der Waals surface area (Å²) in [4.78, 5) is 19.7. The number of anilines is 1. The van der Waals surface area contributed by atoms with Crippen molar-refractivity contribution in [3.05, 3.63) is 34.3 Å². The molecule has 2 rings (SSSR count). The number of aromatic nitrogens is 2. The van der Waals surface area contributed by atoms with Crippen LogP contribution >= 0.6 is 11.3 Å². The van der Waals surface area contributed by atoms with E-state index >= 15 is 0 Å². The predicted octanol–water partition coefficient (Wildman–Crippen LogP) is 1.07. The lowest BCUT2D eigenvalue weighted by Crippen LogP contribution is -2.11. The number of imidazole rings is 1. The SMILES string of the molecule is O=C(Nc1ncc[nH]1)c1ccc(C#CCO)s1. The number of aliphatic hydroxyl groups is 1. The average Bonchev–Trinajstić information content (AvgIpc) is 2.96. The lowest BCUT2D eigenvalue weighted by molar-refractivity contribution is 0.103. The number of nitrogens with one attached hydrogen (secondary N) is 2. The van der Waals surface area contributed by atoms with Gasteiger partial charge in [-0.05, 0) is 12.1 Å². The molecule has 1 amide bonds. The summed E-state index contributed by atoms with van der Waals surface area (Å²) in [6.45, 7) is -0.189. The van der Waals surface area contributed by atoms with Crippen LogP contribution in [0.4, 0.5) is 5.95 Å². The maximum Gasteiger partial charge on any atom is 0.268 e. The Morgan fingerprint density at radius 2 is 2.47 bits per heavy atom. The first kappa shape index (κ1) is 11.4. The van der Waals surface area contributed by atoms with Crippen LogP contribution in [0.15, 0.2) is 24.5 Å². The molecule has 0 fully saturated rings. The zero-order chi connectivity index (χ0) is 12.1. The Labute approximate surface area is 102 Å². The monoisotopic (exact) mass is 247 g/mol. The molecule has 2 aromatic heterocycles. The molecule has 0 aliphatic heterocycles. The number of thiophene rings is 1. The van der Waals surface area contributed by atoms with E-state index in [4.69, 9.17) is 5.11 Å². The summed E-state index contributed by atoms with van der Waals surface area (Å²) in [5, 5.41) is 11.2. The van der Waals surface area contributed by atoms with Crippen LogP contribution in [0.3, 0.4) is 0 Å². The van der Waals surface area contributed by atoms with Crippen molar-refractivity contribution in [2.24, 2.45) is 0 Å². The molecule has 0 aromatic carbocycles. The summed E-state index contributed by atoms with van der Waals surface area (Å²) in [5.74, 6) is 5.45. The number of amides is 1. The van der Waals surface area contributed by atoms with Gasteiger partial charge >= 0.3 is 0 Å². The molecule has 17 heavy (non-hydrogen) atoms. The molecule has 0 aliphatic carbocycles. The summed E-state index contributed by atoms with van der Waals surface area (Å²) in [6, 6.07) is 3.43. The average molecular weight is 247 g/mol. The van der Waals surface area contributed by atoms with Crippen molar-refractivity contribution < 1.29 is 9.90 Å². The molecular formula is C11H9N3O2S. The molecule has 0 unspecified atom stereocenters. The highest BCUT2D eigenvalue weighted by atomic mass is 32.1. The maximum absolute atomic E-state index is 11.7. The quantitative estimate of drug-likeness (QED) is 0.694. The van der Waals surface area contributed by atoms with Gasteiger partial charge in [0.25, 0.3) is 5.91 Å². The van der Waals surface area contributed by atoms with Gasteiger partial charge in [0.05, 0.1) is 9.75 Å². The Morgan fingerprint density at radius 1 is 1.59 bits per heavy atom. The Balaban J connectivity index is 2.07.